The van der Waals surface area contributed by atoms with Crippen LogP contribution in [0.15, 0.2) is 35.5 Å². The third-order valence-electron chi connectivity index (χ3n) is 4.08. The van der Waals surface area contributed by atoms with Crippen LogP contribution in [0.5, 0.6) is 0 Å². The lowest BCUT2D eigenvalue weighted by atomic mass is 9.85. The van der Waals surface area contributed by atoms with Gasteiger partial charge in [0.1, 0.15) is 0 Å². The summed E-state index contributed by atoms with van der Waals surface area (Å²) in [5.41, 5.74) is 6.31. The van der Waals surface area contributed by atoms with Crippen LogP contribution in [0.4, 0.5) is 10.5 Å². The van der Waals surface area contributed by atoms with E-state index in [4.69, 9.17) is 10.5 Å². The summed E-state index contributed by atoms with van der Waals surface area (Å²) < 4.78 is 4.78. The van der Waals surface area contributed by atoms with E-state index in [0.717, 1.165) is 5.01 Å². The van der Waals surface area contributed by atoms with Crippen LogP contribution in [-0.4, -0.2) is 39.9 Å². The Hall–Kier alpha value is -3.14. The highest BCUT2D eigenvalue weighted by atomic mass is 16.6. The minimum atomic E-state index is -1.75. The van der Waals surface area contributed by atoms with Gasteiger partial charge >= 0.3 is 12.0 Å². The first kappa shape index (κ1) is 18.2. The minimum Gasteiger partial charge on any atom is -0.466 e. The van der Waals surface area contributed by atoms with Crippen molar-refractivity contribution in [3.63, 3.8) is 0 Å². The van der Waals surface area contributed by atoms with Gasteiger partial charge in [0, 0.05) is 17.8 Å². The molecule has 1 aliphatic rings. The molecule has 2 unspecified atom stereocenters. The van der Waals surface area contributed by atoms with Gasteiger partial charge < -0.3 is 15.6 Å². The van der Waals surface area contributed by atoms with Crippen molar-refractivity contribution in [1.82, 2.24) is 10.4 Å². The van der Waals surface area contributed by atoms with E-state index in [0.29, 0.717) is 5.56 Å². The second-order valence-corrected chi connectivity index (χ2v) is 5.68. The summed E-state index contributed by atoms with van der Waals surface area (Å²) >= 11 is 0. The highest BCUT2D eigenvalue weighted by molar-refractivity contribution is 5.92. The van der Waals surface area contributed by atoms with Crippen LogP contribution in [0.1, 0.15) is 25.3 Å². The number of amides is 2. The van der Waals surface area contributed by atoms with Gasteiger partial charge in [-0.3, -0.25) is 15.1 Å². The lowest BCUT2D eigenvalue weighted by molar-refractivity contribution is -0.384. The number of non-ortho nitro benzene ring substituents is 1. The highest BCUT2D eigenvalue weighted by Gasteiger charge is 2.51. The first-order valence-electron chi connectivity index (χ1n) is 7.23. The topological polar surface area (TPSA) is 148 Å². The molecule has 1 heterocycles. The van der Waals surface area contributed by atoms with E-state index >= 15 is 0 Å². The standard InChI is InChI=1S/C15H18N4O6/c1-8-11(13(20)25-3)12(15(2,22)18(8)17-14(16)21)9-4-6-10(7-5-9)19(23)24/h4-7,12,22H,1-3H3,(H3,16,17,21). The van der Waals surface area contributed by atoms with Gasteiger partial charge in [0.25, 0.3) is 5.69 Å². The molecule has 25 heavy (non-hydrogen) atoms. The number of ether oxygens (including phenoxy) is 1. The summed E-state index contributed by atoms with van der Waals surface area (Å²) in [6.45, 7) is 2.90. The zero-order chi connectivity index (χ0) is 18.9. The Kier molecular flexibility index (Phi) is 4.66. The number of carbonyl (C=O) groups excluding carboxylic acids is 2. The molecular formula is C15H18N4O6. The smallest absolute Gasteiger partial charge is 0.336 e. The quantitative estimate of drug-likeness (QED) is 0.412. The first-order chi connectivity index (χ1) is 11.6. The predicted molar refractivity (Wildman–Crippen MR) is 85.7 cm³/mol. The van der Waals surface area contributed by atoms with Gasteiger partial charge in [-0.2, -0.15) is 0 Å². The van der Waals surface area contributed by atoms with Crippen LogP contribution in [0, 0.1) is 10.1 Å². The Bertz CT molecular complexity index is 756. The second kappa shape index (κ2) is 6.40. The van der Waals surface area contributed by atoms with E-state index in [2.05, 4.69) is 5.43 Å². The van der Waals surface area contributed by atoms with E-state index in [1.807, 2.05) is 0 Å². The van der Waals surface area contributed by atoms with Crippen molar-refractivity contribution in [3.8, 4) is 0 Å². The van der Waals surface area contributed by atoms with Gasteiger partial charge in [-0.15, -0.1) is 0 Å². The van der Waals surface area contributed by atoms with Crippen LogP contribution in [0.3, 0.4) is 0 Å². The number of nitro groups is 1. The van der Waals surface area contributed by atoms with Crippen molar-refractivity contribution >= 4 is 17.7 Å². The number of hydrogen-bond donors (Lipinski definition) is 3. The molecule has 0 radical (unpaired) electrons. The van der Waals surface area contributed by atoms with E-state index in [9.17, 15) is 24.8 Å². The number of allylic oxidation sites excluding steroid dienone is 1. The second-order valence-electron chi connectivity index (χ2n) is 5.68. The molecule has 10 heteroatoms. The van der Waals surface area contributed by atoms with Crippen molar-refractivity contribution in [1.29, 1.82) is 0 Å². The Morgan fingerprint density at radius 2 is 1.96 bits per heavy atom. The molecular weight excluding hydrogens is 332 g/mol. The van der Waals surface area contributed by atoms with Gasteiger partial charge in [-0.1, -0.05) is 12.1 Å². The van der Waals surface area contributed by atoms with Gasteiger partial charge in [-0.25, -0.2) is 15.0 Å². The lowest BCUT2D eigenvalue weighted by Crippen LogP contribution is -2.55. The average Bonchev–Trinajstić information content (AvgIpc) is 2.74. The number of primary amides is 1. The number of nitrogens with two attached hydrogens (primary N) is 1. The van der Waals surface area contributed by atoms with Crippen LogP contribution >= 0.6 is 0 Å². The fraction of sp³-hybridized carbons (Fsp3) is 0.333. The lowest BCUT2D eigenvalue weighted by Gasteiger charge is -2.36. The highest BCUT2D eigenvalue weighted by Crippen LogP contribution is 2.46. The molecule has 2 amide bonds. The van der Waals surface area contributed by atoms with E-state index < -0.39 is 28.6 Å². The van der Waals surface area contributed by atoms with Crippen LogP contribution < -0.4 is 11.2 Å². The summed E-state index contributed by atoms with van der Waals surface area (Å²) in [6, 6.07) is 4.47. The first-order valence-corrected chi connectivity index (χ1v) is 7.23. The Balaban J connectivity index is 2.57. The summed E-state index contributed by atoms with van der Waals surface area (Å²) in [5, 5.41) is 22.8. The van der Waals surface area contributed by atoms with E-state index in [1.165, 1.54) is 45.2 Å². The van der Waals surface area contributed by atoms with Crippen LogP contribution in [-0.2, 0) is 9.53 Å². The van der Waals surface area contributed by atoms with E-state index in [1.54, 1.807) is 0 Å². The monoisotopic (exact) mass is 350 g/mol. The maximum atomic E-state index is 12.2. The van der Waals surface area contributed by atoms with E-state index in [-0.39, 0.29) is 17.0 Å². The van der Waals surface area contributed by atoms with Crippen molar-refractivity contribution in [3.05, 3.63) is 51.2 Å². The number of benzene rings is 1. The molecule has 2 rings (SSSR count). The molecule has 0 bridgehead atoms. The summed E-state index contributed by atoms with van der Waals surface area (Å²) in [5.74, 6) is -1.62. The number of aliphatic hydroxyl groups is 1. The molecule has 0 saturated carbocycles. The summed E-state index contributed by atoms with van der Waals surface area (Å²) in [4.78, 5) is 33.7. The Labute approximate surface area is 143 Å². The third kappa shape index (κ3) is 3.11. The van der Waals surface area contributed by atoms with Gasteiger partial charge in [0.15, 0.2) is 5.72 Å². The normalized spacial score (nSPS) is 22.7. The summed E-state index contributed by atoms with van der Waals surface area (Å²) in [7, 11) is 1.19. The largest absolute Gasteiger partial charge is 0.466 e. The molecule has 10 nitrogen and oxygen atoms in total. The number of hydrogen-bond acceptors (Lipinski definition) is 7. The Morgan fingerprint density at radius 3 is 2.40 bits per heavy atom. The third-order valence-corrected chi connectivity index (χ3v) is 4.08. The predicted octanol–water partition coefficient (Wildman–Crippen LogP) is 0.733. The number of esters is 1. The minimum absolute atomic E-state index is 0.107. The number of urea groups is 1. The number of nitro benzene ring substituents is 1. The Morgan fingerprint density at radius 1 is 1.40 bits per heavy atom. The molecule has 0 saturated heterocycles. The molecule has 1 aromatic rings. The molecule has 1 aliphatic heterocycles. The number of hydrazine groups is 1. The van der Waals surface area contributed by atoms with Crippen molar-refractivity contribution in [2.24, 2.45) is 5.73 Å². The van der Waals surface area contributed by atoms with Gasteiger partial charge in [0.2, 0.25) is 0 Å². The van der Waals surface area contributed by atoms with Gasteiger partial charge in [-0.05, 0) is 19.4 Å². The fourth-order valence-corrected chi connectivity index (χ4v) is 3.03. The molecule has 1 aromatic carbocycles. The maximum Gasteiger partial charge on any atom is 0.336 e. The maximum absolute atomic E-state index is 12.2. The van der Waals surface area contributed by atoms with Crippen LogP contribution in [0.2, 0.25) is 0 Å². The molecule has 0 fully saturated rings. The number of carbonyl (C=O) groups is 2. The number of methoxy groups -OCH3 is 1. The van der Waals surface area contributed by atoms with Gasteiger partial charge in [0.05, 0.1) is 23.5 Å². The zero-order valence-electron chi connectivity index (χ0n) is 13.8. The van der Waals surface area contributed by atoms with Crippen LogP contribution in [0.25, 0.3) is 0 Å². The molecule has 134 valence electrons. The fourth-order valence-electron chi connectivity index (χ4n) is 3.03. The molecule has 4 N–H and O–H groups in total. The number of nitrogens with zero attached hydrogens (tertiary/aromatic N) is 2. The number of nitrogens with one attached hydrogen (secondary N) is 1. The number of rotatable bonds is 4. The zero-order valence-corrected chi connectivity index (χ0v) is 13.8. The molecule has 0 aromatic heterocycles. The van der Waals surface area contributed by atoms with Crippen molar-refractivity contribution < 1.29 is 24.4 Å². The summed E-state index contributed by atoms with van der Waals surface area (Å²) in [6.07, 6.45) is 0. The average molecular weight is 350 g/mol. The molecule has 0 aliphatic carbocycles. The molecule has 0 spiro atoms. The molecule has 2 atom stereocenters. The van der Waals surface area contributed by atoms with Crippen molar-refractivity contribution in [2.45, 2.75) is 25.5 Å². The SMILES string of the molecule is COC(=O)C1=C(C)N(NC(N)=O)C(C)(O)C1c1ccc([N+](=O)[O-])cc1. The van der Waals surface area contributed by atoms with Crippen molar-refractivity contribution in [2.75, 3.05) is 7.11 Å².